The summed E-state index contributed by atoms with van der Waals surface area (Å²) in [4.78, 5) is 24.8. The summed E-state index contributed by atoms with van der Waals surface area (Å²) in [6, 6.07) is 6.31. The molecular weight excluding hydrogens is 266 g/mol. The zero-order valence-corrected chi connectivity index (χ0v) is 12.8. The number of hydrogen-bond acceptors (Lipinski definition) is 2. The van der Waals surface area contributed by atoms with Crippen molar-refractivity contribution in [3.63, 3.8) is 0 Å². The number of carbonyl (C=O) groups excluding carboxylic acids is 1. The van der Waals surface area contributed by atoms with Gasteiger partial charge >= 0.3 is 5.97 Å². The summed E-state index contributed by atoms with van der Waals surface area (Å²) in [7, 11) is 0. The molecule has 0 fully saturated rings. The minimum Gasteiger partial charge on any atom is -0.481 e. The van der Waals surface area contributed by atoms with Gasteiger partial charge in [-0.25, -0.2) is 0 Å². The van der Waals surface area contributed by atoms with Crippen molar-refractivity contribution in [2.45, 2.75) is 52.0 Å². The number of amides is 1. The van der Waals surface area contributed by atoms with Crippen LogP contribution >= 0.6 is 0 Å². The van der Waals surface area contributed by atoms with E-state index in [-0.39, 0.29) is 24.9 Å². The lowest BCUT2D eigenvalue weighted by atomic mass is 10.0. The van der Waals surface area contributed by atoms with Gasteiger partial charge in [0.1, 0.15) is 0 Å². The fourth-order valence-electron chi connectivity index (χ4n) is 2.90. The maximum absolute atomic E-state index is 12.4. The molecule has 1 aliphatic carbocycles. The minimum atomic E-state index is -0.869. The van der Waals surface area contributed by atoms with Crippen molar-refractivity contribution in [2.24, 2.45) is 0 Å². The Labute approximate surface area is 125 Å². The second-order valence-corrected chi connectivity index (χ2v) is 5.96. The van der Waals surface area contributed by atoms with E-state index < -0.39 is 5.97 Å². The Morgan fingerprint density at radius 2 is 1.95 bits per heavy atom. The Morgan fingerprint density at radius 1 is 1.24 bits per heavy atom. The van der Waals surface area contributed by atoms with Crippen LogP contribution < -0.4 is 0 Å². The molecule has 2 rings (SSSR count). The number of carbonyl (C=O) groups is 2. The Morgan fingerprint density at radius 3 is 2.62 bits per heavy atom. The smallest absolute Gasteiger partial charge is 0.305 e. The number of hydrogen-bond donors (Lipinski definition) is 1. The molecule has 0 aliphatic heterocycles. The van der Waals surface area contributed by atoms with E-state index in [0.29, 0.717) is 6.42 Å². The molecule has 0 bridgehead atoms. The predicted molar refractivity (Wildman–Crippen MR) is 81.3 cm³/mol. The molecular formula is C17H23NO3. The van der Waals surface area contributed by atoms with Gasteiger partial charge in [-0.2, -0.15) is 0 Å². The number of aliphatic carboxylic acids is 1. The number of carboxylic acid groups (broad SMARTS) is 1. The zero-order chi connectivity index (χ0) is 15.4. The zero-order valence-electron chi connectivity index (χ0n) is 12.8. The Bertz CT molecular complexity index is 537. The molecule has 1 aromatic rings. The molecule has 0 saturated carbocycles. The third kappa shape index (κ3) is 4.06. The third-order valence-electron chi connectivity index (χ3n) is 4.03. The lowest BCUT2D eigenvalue weighted by Gasteiger charge is -2.26. The van der Waals surface area contributed by atoms with Gasteiger partial charge in [0.15, 0.2) is 0 Å². The number of fused-ring (bicyclic) bond motifs is 1. The first kappa shape index (κ1) is 15.5. The molecule has 4 heteroatoms. The summed E-state index contributed by atoms with van der Waals surface area (Å²) in [5.41, 5.74) is 3.79. The third-order valence-corrected chi connectivity index (χ3v) is 4.03. The van der Waals surface area contributed by atoms with Crippen LogP contribution in [0.2, 0.25) is 0 Å². The molecule has 0 unspecified atom stereocenters. The normalized spacial score (nSPS) is 13.3. The van der Waals surface area contributed by atoms with Crippen molar-refractivity contribution < 1.29 is 14.7 Å². The van der Waals surface area contributed by atoms with Gasteiger partial charge in [0.05, 0.1) is 12.8 Å². The highest BCUT2D eigenvalue weighted by molar-refractivity contribution is 5.79. The summed E-state index contributed by atoms with van der Waals surface area (Å²) < 4.78 is 0. The van der Waals surface area contributed by atoms with Gasteiger partial charge in [-0.05, 0) is 49.8 Å². The van der Waals surface area contributed by atoms with Gasteiger partial charge in [0.25, 0.3) is 0 Å². The average Bonchev–Trinajstić information content (AvgIpc) is 2.85. The van der Waals surface area contributed by atoms with Crippen molar-refractivity contribution >= 4 is 11.9 Å². The monoisotopic (exact) mass is 289 g/mol. The maximum atomic E-state index is 12.4. The maximum Gasteiger partial charge on any atom is 0.305 e. The highest BCUT2D eigenvalue weighted by atomic mass is 16.4. The Kier molecular flexibility index (Phi) is 4.99. The number of nitrogens with zero attached hydrogens (tertiary/aromatic N) is 1. The van der Waals surface area contributed by atoms with E-state index in [9.17, 15) is 9.59 Å². The van der Waals surface area contributed by atoms with Gasteiger partial charge in [0.2, 0.25) is 5.91 Å². The minimum absolute atomic E-state index is 0.00389. The summed E-state index contributed by atoms with van der Waals surface area (Å²) in [5.74, 6) is -0.866. The van der Waals surface area contributed by atoms with E-state index >= 15 is 0 Å². The standard InChI is InChI=1S/C17H23NO3/c1-12(2)18(9-8-17(20)21)16(19)11-13-6-7-14-4-3-5-15(14)10-13/h6-7,10,12H,3-5,8-9,11H2,1-2H3,(H,20,21). The Hall–Kier alpha value is -1.84. The fourth-order valence-corrected chi connectivity index (χ4v) is 2.90. The van der Waals surface area contributed by atoms with Crippen molar-refractivity contribution in [1.82, 2.24) is 4.90 Å². The lowest BCUT2D eigenvalue weighted by Crippen LogP contribution is -2.39. The van der Waals surface area contributed by atoms with Crippen LogP contribution in [-0.2, 0) is 28.9 Å². The highest BCUT2D eigenvalue weighted by Crippen LogP contribution is 2.23. The SMILES string of the molecule is CC(C)N(CCC(=O)O)C(=O)Cc1ccc2c(c1)CCC2. The second-order valence-electron chi connectivity index (χ2n) is 5.96. The van der Waals surface area contributed by atoms with Gasteiger partial charge in [-0.1, -0.05) is 18.2 Å². The Balaban J connectivity index is 2.02. The quantitative estimate of drug-likeness (QED) is 0.875. The number of carboxylic acids is 1. The summed E-state index contributed by atoms with van der Waals surface area (Å²) in [5, 5.41) is 8.78. The molecule has 0 atom stereocenters. The first-order valence-corrected chi connectivity index (χ1v) is 7.59. The molecule has 114 valence electrons. The van der Waals surface area contributed by atoms with Gasteiger partial charge < -0.3 is 10.0 Å². The van der Waals surface area contributed by atoms with Crippen molar-refractivity contribution in [1.29, 1.82) is 0 Å². The van der Waals surface area contributed by atoms with Crippen LogP contribution in [0, 0.1) is 0 Å². The van der Waals surface area contributed by atoms with Gasteiger partial charge in [-0.3, -0.25) is 9.59 Å². The van der Waals surface area contributed by atoms with Crippen LogP contribution in [0.15, 0.2) is 18.2 Å². The van der Waals surface area contributed by atoms with Gasteiger partial charge in [-0.15, -0.1) is 0 Å². The first-order chi connectivity index (χ1) is 9.97. The molecule has 1 aliphatic rings. The van der Waals surface area contributed by atoms with E-state index in [4.69, 9.17) is 5.11 Å². The first-order valence-electron chi connectivity index (χ1n) is 7.59. The fraction of sp³-hybridized carbons (Fsp3) is 0.529. The molecule has 1 N–H and O–H groups in total. The molecule has 1 amide bonds. The van der Waals surface area contributed by atoms with Gasteiger partial charge in [0, 0.05) is 12.6 Å². The van der Waals surface area contributed by atoms with Crippen LogP contribution in [0.3, 0.4) is 0 Å². The largest absolute Gasteiger partial charge is 0.481 e. The summed E-state index contributed by atoms with van der Waals surface area (Å²) >= 11 is 0. The van der Waals surface area contributed by atoms with Crippen LogP contribution in [0.4, 0.5) is 0 Å². The summed E-state index contributed by atoms with van der Waals surface area (Å²) in [6.07, 6.45) is 3.78. The molecule has 0 aromatic heterocycles. The van der Waals surface area contributed by atoms with Crippen LogP contribution in [-0.4, -0.2) is 34.5 Å². The van der Waals surface area contributed by atoms with E-state index in [1.807, 2.05) is 19.9 Å². The molecule has 0 heterocycles. The lowest BCUT2D eigenvalue weighted by molar-refractivity contribution is -0.139. The number of rotatable bonds is 6. The van der Waals surface area contributed by atoms with E-state index in [2.05, 4.69) is 12.1 Å². The predicted octanol–water partition coefficient (Wildman–Crippen LogP) is 2.43. The molecule has 4 nitrogen and oxygen atoms in total. The topological polar surface area (TPSA) is 57.6 Å². The molecule has 1 aromatic carbocycles. The van der Waals surface area contributed by atoms with Crippen molar-refractivity contribution in [3.05, 3.63) is 34.9 Å². The van der Waals surface area contributed by atoms with Crippen molar-refractivity contribution in [2.75, 3.05) is 6.54 Å². The van der Waals surface area contributed by atoms with Crippen LogP contribution in [0.1, 0.15) is 43.4 Å². The average molecular weight is 289 g/mol. The van der Waals surface area contributed by atoms with Crippen LogP contribution in [0.5, 0.6) is 0 Å². The second kappa shape index (κ2) is 6.74. The summed E-state index contributed by atoms with van der Waals surface area (Å²) in [6.45, 7) is 4.11. The molecule has 0 spiro atoms. The number of benzene rings is 1. The molecule has 0 saturated heterocycles. The number of aryl methyl sites for hydroxylation is 2. The molecule has 0 radical (unpaired) electrons. The van der Waals surface area contributed by atoms with Crippen molar-refractivity contribution in [3.8, 4) is 0 Å². The van der Waals surface area contributed by atoms with E-state index in [1.54, 1.807) is 4.90 Å². The van der Waals surface area contributed by atoms with Crippen LogP contribution in [0.25, 0.3) is 0 Å². The molecule has 21 heavy (non-hydrogen) atoms. The van der Waals surface area contributed by atoms with E-state index in [1.165, 1.54) is 17.5 Å². The highest BCUT2D eigenvalue weighted by Gasteiger charge is 2.19. The van der Waals surface area contributed by atoms with E-state index in [0.717, 1.165) is 18.4 Å².